The first-order valence-electron chi connectivity index (χ1n) is 24.8. The highest BCUT2D eigenvalue weighted by Crippen LogP contribution is 2.45. The highest BCUT2D eigenvalue weighted by atomic mass is 32.2. The maximum Gasteiger partial charge on any atom is 0.408 e. The predicted molar refractivity (Wildman–Crippen MR) is 286 cm³/mol. The predicted octanol–water partition coefficient (Wildman–Crippen LogP) is 6.37. The molecule has 74 heavy (non-hydrogen) atoms. The molecule has 0 spiro atoms. The molecule has 4 aromatic carbocycles. The van der Waals surface area contributed by atoms with Crippen LogP contribution < -0.4 is 41.4 Å². The van der Waals surface area contributed by atoms with E-state index < -0.39 is 69.0 Å². The van der Waals surface area contributed by atoms with E-state index in [1.54, 1.807) is 51.1 Å². The number of amides is 5. The van der Waals surface area contributed by atoms with Crippen LogP contribution in [0.15, 0.2) is 114 Å². The first-order chi connectivity index (χ1) is 35.2. The van der Waals surface area contributed by atoms with Crippen LogP contribution in [0.25, 0.3) is 11.1 Å². The van der Waals surface area contributed by atoms with Crippen molar-refractivity contribution in [3.63, 3.8) is 0 Å². The molecular weight excluding hydrogens is 961 g/mol. The minimum atomic E-state index is -4.17. The van der Waals surface area contributed by atoms with Crippen LogP contribution in [0.4, 0.5) is 4.79 Å². The Morgan fingerprint density at radius 1 is 0.824 bits per heavy atom. The molecule has 1 heterocycles. The summed E-state index contributed by atoms with van der Waals surface area (Å²) < 4.78 is 42.7. The van der Waals surface area contributed by atoms with Crippen LogP contribution in [0.3, 0.4) is 0 Å². The first-order valence-corrected chi connectivity index (χ1v) is 26.3. The van der Waals surface area contributed by atoms with Gasteiger partial charge in [0.05, 0.1) is 4.90 Å². The number of carbonyl (C=O) groups is 5. The SMILES string of the molecule is C=CCNC(=O)[C@H](NC(=O)[C@H](CC)NC(=O)[C@H](CCCNC(=NC)NS(=O)(=O)c1c(C)c(C)c2c(c1C)CC(C)(C)O2)NC(=O)[C@@](C)(CC=C)NC(=O)OCC1c2ccccc2-c2ccccc21)c1ccccc1. The van der Waals surface area contributed by atoms with E-state index in [1.807, 2.05) is 69.3 Å². The summed E-state index contributed by atoms with van der Waals surface area (Å²) in [5, 5.41) is 16.8. The smallest absolute Gasteiger partial charge is 0.408 e. The number of alkyl carbamates (subject to hydrolysis) is 1. The lowest BCUT2D eigenvalue weighted by Crippen LogP contribution is -2.61. The van der Waals surface area contributed by atoms with Gasteiger partial charge >= 0.3 is 6.09 Å². The number of fused-ring (bicyclic) bond motifs is 4. The lowest BCUT2D eigenvalue weighted by molar-refractivity contribution is -0.135. The van der Waals surface area contributed by atoms with E-state index in [1.165, 1.54) is 26.1 Å². The normalized spacial score (nSPS) is 15.5. The van der Waals surface area contributed by atoms with E-state index >= 15 is 0 Å². The molecular formula is C56H70N8O9S. The van der Waals surface area contributed by atoms with E-state index in [-0.39, 0.29) is 62.2 Å². The Kier molecular flexibility index (Phi) is 18.1. The number of hydrogen-bond acceptors (Lipinski definition) is 10. The van der Waals surface area contributed by atoms with Crippen molar-refractivity contribution in [3.8, 4) is 16.9 Å². The molecule has 394 valence electrons. The van der Waals surface area contributed by atoms with Gasteiger partial charge in [0.1, 0.15) is 41.6 Å². The summed E-state index contributed by atoms with van der Waals surface area (Å²) in [6.45, 7) is 20.1. The molecule has 0 fully saturated rings. The number of rotatable bonds is 22. The van der Waals surface area contributed by atoms with Gasteiger partial charge in [-0.05, 0) is 112 Å². The van der Waals surface area contributed by atoms with E-state index in [4.69, 9.17) is 9.47 Å². The number of ether oxygens (including phenoxy) is 2. The second-order valence-corrected chi connectivity index (χ2v) is 21.1. The topological polar surface area (TPSA) is 235 Å². The molecule has 1 aliphatic heterocycles. The second-order valence-electron chi connectivity index (χ2n) is 19.5. The van der Waals surface area contributed by atoms with E-state index in [0.29, 0.717) is 28.9 Å². The average molecular weight is 1030 g/mol. The molecule has 6 rings (SSSR count). The van der Waals surface area contributed by atoms with Crippen LogP contribution >= 0.6 is 0 Å². The molecule has 0 unspecified atom stereocenters. The zero-order valence-corrected chi connectivity index (χ0v) is 44.4. The molecule has 1 aliphatic carbocycles. The highest BCUT2D eigenvalue weighted by Gasteiger charge is 2.40. The number of carbonyl (C=O) groups excluding carboxylic acids is 5. The van der Waals surface area contributed by atoms with Crippen LogP contribution in [0.1, 0.15) is 104 Å². The number of nitrogens with one attached hydrogen (secondary N) is 7. The molecule has 18 heteroatoms. The Morgan fingerprint density at radius 2 is 1.45 bits per heavy atom. The molecule has 4 aromatic rings. The average Bonchev–Trinajstić information content (AvgIpc) is 3.89. The van der Waals surface area contributed by atoms with Crippen LogP contribution in [0, 0.1) is 20.8 Å². The van der Waals surface area contributed by atoms with Gasteiger partial charge in [-0.15, -0.1) is 13.2 Å². The van der Waals surface area contributed by atoms with E-state index in [0.717, 1.165) is 33.4 Å². The fraction of sp³-hybridized carbons (Fsp3) is 0.393. The third-order valence-electron chi connectivity index (χ3n) is 13.5. The van der Waals surface area contributed by atoms with Gasteiger partial charge in [-0.25, -0.2) is 17.9 Å². The minimum absolute atomic E-state index is 0.0100. The third kappa shape index (κ3) is 12.8. The monoisotopic (exact) mass is 1030 g/mol. The Labute approximate surface area is 434 Å². The zero-order valence-electron chi connectivity index (χ0n) is 43.6. The lowest BCUT2D eigenvalue weighted by atomic mass is 9.94. The fourth-order valence-electron chi connectivity index (χ4n) is 9.52. The summed E-state index contributed by atoms with van der Waals surface area (Å²) in [6, 6.07) is 20.9. The molecule has 0 radical (unpaired) electrons. The van der Waals surface area contributed by atoms with Crippen molar-refractivity contribution in [1.82, 2.24) is 36.6 Å². The van der Waals surface area contributed by atoms with Gasteiger partial charge in [-0.3, -0.25) is 24.2 Å². The Bertz CT molecular complexity index is 2880. The van der Waals surface area contributed by atoms with Crippen molar-refractivity contribution < 1.29 is 41.9 Å². The zero-order chi connectivity index (χ0) is 54.0. The van der Waals surface area contributed by atoms with Crippen LogP contribution in [0.5, 0.6) is 5.75 Å². The maximum atomic E-state index is 14.5. The van der Waals surface area contributed by atoms with Crippen molar-refractivity contribution in [3.05, 3.63) is 143 Å². The van der Waals surface area contributed by atoms with Gasteiger partial charge in [0.2, 0.25) is 29.6 Å². The lowest BCUT2D eigenvalue weighted by Gasteiger charge is -2.31. The van der Waals surface area contributed by atoms with Crippen molar-refractivity contribution in [2.24, 2.45) is 4.99 Å². The molecule has 17 nitrogen and oxygen atoms in total. The summed E-state index contributed by atoms with van der Waals surface area (Å²) in [7, 11) is -2.74. The Morgan fingerprint density at radius 3 is 2.05 bits per heavy atom. The summed E-state index contributed by atoms with van der Waals surface area (Å²) in [5.74, 6) is -2.21. The third-order valence-corrected chi connectivity index (χ3v) is 15.1. The summed E-state index contributed by atoms with van der Waals surface area (Å²) in [6.07, 6.45) is 2.83. The number of benzene rings is 4. The van der Waals surface area contributed by atoms with E-state index in [2.05, 4.69) is 54.8 Å². The highest BCUT2D eigenvalue weighted by molar-refractivity contribution is 7.90. The fourth-order valence-corrected chi connectivity index (χ4v) is 11.1. The maximum absolute atomic E-state index is 14.5. The summed E-state index contributed by atoms with van der Waals surface area (Å²) in [4.78, 5) is 74.0. The second kappa shape index (κ2) is 24.0. The minimum Gasteiger partial charge on any atom is -0.487 e. The number of nitrogens with zero attached hydrogens (tertiary/aromatic N) is 1. The quantitative estimate of drug-likeness (QED) is 0.0199. The number of guanidine groups is 1. The van der Waals surface area contributed by atoms with Gasteiger partial charge in [0, 0.05) is 38.0 Å². The number of sulfonamides is 1. The molecule has 0 saturated heterocycles. The van der Waals surface area contributed by atoms with Crippen LogP contribution in [-0.2, 0) is 40.4 Å². The van der Waals surface area contributed by atoms with Crippen molar-refractivity contribution in [2.45, 2.75) is 121 Å². The van der Waals surface area contributed by atoms with Gasteiger partial charge in [-0.2, -0.15) is 0 Å². The summed E-state index contributed by atoms with van der Waals surface area (Å²) >= 11 is 0. The van der Waals surface area contributed by atoms with Gasteiger partial charge in [0.15, 0.2) is 0 Å². The van der Waals surface area contributed by atoms with Gasteiger partial charge in [0.25, 0.3) is 10.0 Å². The van der Waals surface area contributed by atoms with Crippen molar-refractivity contribution >= 4 is 45.7 Å². The molecule has 0 aromatic heterocycles. The standard InChI is InChI=1S/C56H70N8O9S/c1-11-29-56(9,63-54(69)72-33-43-40-26-19-17-24-38(40)39-25-18-20-27-41(39)43)52(68)61-45(50(66)60-44(13-3)49(65)62-46(51(67)58-30-12-2)37-22-15-14-16-23-37)28-21-31-59-53(57-10)64-74(70,71)48-35(5)34(4)47-42(36(48)6)32-55(7,8)73-47/h11-12,14-20,22-27,43-46H,1-2,13,21,28-33H2,3-10H3,(H,58,67)(H,60,66)(H,61,68)(H,62,65)(H,63,69)(H2,57,59,64)/t44-,45-,46+,56+/m0/s1. The first kappa shape index (κ1) is 55.8. The van der Waals surface area contributed by atoms with Crippen molar-refractivity contribution in [2.75, 3.05) is 26.7 Å². The van der Waals surface area contributed by atoms with Gasteiger partial charge in [-0.1, -0.05) is 97.9 Å². The van der Waals surface area contributed by atoms with Crippen LogP contribution in [0.2, 0.25) is 0 Å². The van der Waals surface area contributed by atoms with E-state index in [9.17, 15) is 32.4 Å². The Balaban J connectivity index is 1.18. The number of hydrogen-bond donors (Lipinski definition) is 7. The van der Waals surface area contributed by atoms with Gasteiger partial charge < -0.3 is 41.4 Å². The Hall–Kier alpha value is -7.47. The molecule has 0 saturated carbocycles. The summed E-state index contributed by atoms with van der Waals surface area (Å²) in [5.41, 5.74) is 5.17. The largest absolute Gasteiger partial charge is 0.487 e. The number of aliphatic imine (C=N–C) groups is 1. The molecule has 7 N–H and O–H groups in total. The molecule has 5 amide bonds. The van der Waals surface area contributed by atoms with Crippen LogP contribution in [-0.4, -0.2) is 94.1 Å². The molecule has 0 bridgehead atoms. The van der Waals surface area contributed by atoms with Crippen molar-refractivity contribution in [1.29, 1.82) is 0 Å². The molecule has 4 atom stereocenters. The molecule has 2 aliphatic rings.